The number of esters is 1. The fourth-order valence-corrected chi connectivity index (χ4v) is 3.37. The Balaban J connectivity index is 1.75. The van der Waals surface area contributed by atoms with Gasteiger partial charge < -0.3 is 4.74 Å². The molecule has 2 aliphatic rings. The quantitative estimate of drug-likeness (QED) is 0.730. The highest BCUT2D eigenvalue weighted by molar-refractivity contribution is 5.71. The summed E-state index contributed by atoms with van der Waals surface area (Å²) >= 11 is 0. The van der Waals surface area contributed by atoms with Crippen LogP contribution in [0.4, 0.5) is 0 Å². The first-order valence-corrected chi connectivity index (χ1v) is 6.56. The predicted molar refractivity (Wildman–Crippen MR) is 65.5 cm³/mol. The first-order chi connectivity index (χ1) is 8.33. The van der Waals surface area contributed by atoms with Crippen LogP contribution in [0.1, 0.15) is 31.2 Å². The molecular weight excluding hydrogens is 212 g/mol. The molecule has 0 spiro atoms. The summed E-state index contributed by atoms with van der Waals surface area (Å²) < 4.78 is 5.57. The maximum Gasteiger partial charge on any atom is 0.306 e. The van der Waals surface area contributed by atoms with Crippen molar-refractivity contribution in [2.45, 2.75) is 38.2 Å². The van der Waals surface area contributed by atoms with Gasteiger partial charge in [-0.25, -0.2) is 0 Å². The van der Waals surface area contributed by atoms with Crippen molar-refractivity contribution in [2.24, 2.45) is 11.8 Å². The molecule has 0 unspecified atom stereocenters. The molecule has 0 radical (unpaired) electrons. The molecule has 1 aliphatic heterocycles. The van der Waals surface area contributed by atoms with Gasteiger partial charge in [0, 0.05) is 12.8 Å². The van der Waals surface area contributed by atoms with Crippen LogP contribution in [0.25, 0.3) is 0 Å². The Morgan fingerprint density at radius 2 is 2.00 bits per heavy atom. The van der Waals surface area contributed by atoms with E-state index in [4.69, 9.17) is 4.74 Å². The summed E-state index contributed by atoms with van der Waals surface area (Å²) in [5.74, 6) is 1.20. The third-order valence-corrected chi connectivity index (χ3v) is 4.19. The van der Waals surface area contributed by atoms with Gasteiger partial charge in [-0.15, -0.1) is 0 Å². The van der Waals surface area contributed by atoms with Gasteiger partial charge in [0.15, 0.2) is 0 Å². The molecule has 1 saturated heterocycles. The van der Waals surface area contributed by atoms with Gasteiger partial charge in [-0.2, -0.15) is 0 Å². The lowest BCUT2D eigenvalue weighted by Gasteiger charge is -2.33. The lowest BCUT2D eigenvalue weighted by molar-refractivity contribution is -0.161. The minimum atomic E-state index is 0.00841. The van der Waals surface area contributed by atoms with Crippen molar-refractivity contribution in [1.29, 1.82) is 0 Å². The van der Waals surface area contributed by atoms with Gasteiger partial charge in [0.2, 0.25) is 0 Å². The van der Waals surface area contributed by atoms with Crippen LogP contribution in [0, 0.1) is 11.8 Å². The third-order valence-electron chi connectivity index (χ3n) is 4.19. The Kier molecular flexibility index (Phi) is 2.87. The molecular formula is C15H18O2. The van der Waals surface area contributed by atoms with Crippen LogP contribution < -0.4 is 0 Å². The smallest absolute Gasteiger partial charge is 0.306 e. The number of hydrogen-bond donors (Lipinski definition) is 0. The summed E-state index contributed by atoms with van der Waals surface area (Å²) in [6.45, 7) is 0. The van der Waals surface area contributed by atoms with E-state index in [0.717, 1.165) is 6.42 Å². The molecule has 17 heavy (non-hydrogen) atoms. The fourth-order valence-electron chi connectivity index (χ4n) is 3.37. The van der Waals surface area contributed by atoms with Crippen molar-refractivity contribution in [1.82, 2.24) is 0 Å². The average molecular weight is 230 g/mol. The highest BCUT2D eigenvalue weighted by Crippen LogP contribution is 2.41. The lowest BCUT2D eigenvalue weighted by atomic mass is 9.83. The summed E-state index contributed by atoms with van der Waals surface area (Å²) in [7, 11) is 0. The van der Waals surface area contributed by atoms with E-state index in [1.54, 1.807) is 0 Å². The highest BCUT2D eigenvalue weighted by atomic mass is 16.5. The van der Waals surface area contributed by atoms with Gasteiger partial charge in [0.1, 0.15) is 6.10 Å². The van der Waals surface area contributed by atoms with Crippen molar-refractivity contribution in [2.75, 3.05) is 0 Å². The zero-order valence-electron chi connectivity index (χ0n) is 9.97. The Bertz CT molecular complexity index is 399. The second-order valence-corrected chi connectivity index (χ2v) is 5.28. The van der Waals surface area contributed by atoms with Crippen LogP contribution in [0.5, 0.6) is 0 Å². The van der Waals surface area contributed by atoms with Gasteiger partial charge in [0.05, 0.1) is 0 Å². The van der Waals surface area contributed by atoms with Gasteiger partial charge >= 0.3 is 5.97 Å². The third kappa shape index (κ3) is 2.21. The molecule has 3 rings (SSSR count). The van der Waals surface area contributed by atoms with Crippen molar-refractivity contribution < 1.29 is 9.53 Å². The Hall–Kier alpha value is -1.31. The monoisotopic (exact) mass is 230 g/mol. The molecule has 1 heterocycles. The van der Waals surface area contributed by atoms with Gasteiger partial charge in [0.25, 0.3) is 0 Å². The van der Waals surface area contributed by atoms with Crippen LogP contribution in [-0.4, -0.2) is 12.1 Å². The molecule has 0 aromatic heterocycles. The van der Waals surface area contributed by atoms with E-state index in [9.17, 15) is 4.79 Å². The number of carbonyl (C=O) groups excluding carboxylic acids is 1. The maximum absolute atomic E-state index is 11.6. The minimum absolute atomic E-state index is 0.00841. The molecule has 0 N–H and O–H groups in total. The summed E-state index contributed by atoms with van der Waals surface area (Å²) in [5, 5.41) is 0. The number of carbonyl (C=O) groups is 1. The molecule has 2 nitrogen and oxygen atoms in total. The summed E-state index contributed by atoms with van der Waals surface area (Å²) in [5.41, 5.74) is 1.28. The van der Waals surface area contributed by atoms with E-state index in [1.165, 1.54) is 24.8 Å². The van der Waals surface area contributed by atoms with E-state index < -0.39 is 0 Å². The lowest BCUT2D eigenvalue weighted by Crippen LogP contribution is -2.37. The van der Waals surface area contributed by atoms with Crippen LogP contribution >= 0.6 is 0 Å². The number of cyclic esters (lactones) is 1. The van der Waals surface area contributed by atoms with Crippen LogP contribution in [0.2, 0.25) is 0 Å². The van der Waals surface area contributed by atoms with E-state index in [0.29, 0.717) is 18.3 Å². The second kappa shape index (κ2) is 4.52. The van der Waals surface area contributed by atoms with Crippen LogP contribution in [0.15, 0.2) is 30.3 Å². The predicted octanol–water partition coefficient (Wildman–Crippen LogP) is 2.96. The summed E-state index contributed by atoms with van der Waals surface area (Å²) in [6, 6.07) is 10.4. The SMILES string of the molecule is O=C1C[C@H]2CCC[C@H]2[C@H](Cc2ccccc2)O1. The second-order valence-electron chi connectivity index (χ2n) is 5.28. The molecule has 3 atom stereocenters. The minimum Gasteiger partial charge on any atom is -0.462 e. The number of rotatable bonds is 2. The molecule has 0 bridgehead atoms. The van der Waals surface area contributed by atoms with E-state index in [1.807, 2.05) is 18.2 Å². The molecule has 1 aliphatic carbocycles. The molecule has 1 saturated carbocycles. The molecule has 1 aromatic rings. The highest BCUT2D eigenvalue weighted by Gasteiger charge is 2.41. The van der Waals surface area contributed by atoms with E-state index >= 15 is 0 Å². The topological polar surface area (TPSA) is 26.3 Å². The molecule has 90 valence electrons. The Morgan fingerprint density at radius 3 is 2.82 bits per heavy atom. The van der Waals surface area contributed by atoms with Crippen molar-refractivity contribution in [3.05, 3.63) is 35.9 Å². The number of benzene rings is 1. The number of ether oxygens (including phenoxy) is 1. The van der Waals surface area contributed by atoms with Crippen molar-refractivity contribution >= 4 is 5.97 Å². The van der Waals surface area contributed by atoms with Gasteiger partial charge in [-0.05, 0) is 30.2 Å². The van der Waals surface area contributed by atoms with Crippen molar-refractivity contribution in [3.8, 4) is 0 Å². The molecule has 2 heteroatoms. The number of fused-ring (bicyclic) bond motifs is 1. The number of hydrogen-bond acceptors (Lipinski definition) is 2. The molecule has 0 amide bonds. The van der Waals surface area contributed by atoms with E-state index in [-0.39, 0.29) is 12.1 Å². The average Bonchev–Trinajstić information content (AvgIpc) is 2.78. The Labute approximate surface area is 102 Å². The molecule has 2 fully saturated rings. The first kappa shape index (κ1) is 10.8. The normalized spacial score (nSPS) is 32.0. The fraction of sp³-hybridized carbons (Fsp3) is 0.533. The van der Waals surface area contributed by atoms with Gasteiger partial charge in [-0.3, -0.25) is 4.79 Å². The van der Waals surface area contributed by atoms with Gasteiger partial charge in [-0.1, -0.05) is 36.8 Å². The zero-order chi connectivity index (χ0) is 11.7. The van der Waals surface area contributed by atoms with Crippen LogP contribution in [-0.2, 0) is 16.0 Å². The Morgan fingerprint density at radius 1 is 1.18 bits per heavy atom. The van der Waals surface area contributed by atoms with Crippen LogP contribution in [0.3, 0.4) is 0 Å². The largest absolute Gasteiger partial charge is 0.462 e. The zero-order valence-corrected chi connectivity index (χ0v) is 9.97. The van der Waals surface area contributed by atoms with Crippen molar-refractivity contribution in [3.63, 3.8) is 0 Å². The summed E-state index contributed by atoms with van der Waals surface area (Å²) in [6.07, 6.45) is 5.35. The van der Waals surface area contributed by atoms with E-state index in [2.05, 4.69) is 12.1 Å². The first-order valence-electron chi connectivity index (χ1n) is 6.56. The maximum atomic E-state index is 11.6. The standard InChI is InChI=1S/C15H18O2/c16-15-10-12-7-4-8-13(12)14(17-15)9-11-5-2-1-3-6-11/h1-3,5-6,12-14H,4,7-10H2/t12-,13-,14+/m1/s1. The molecule has 1 aromatic carbocycles. The summed E-state index contributed by atoms with van der Waals surface area (Å²) in [4.78, 5) is 11.6.